The summed E-state index contributed by atoms with van der Waals surface area (Å²) in [6.07, 6.45) is 6.51. The molecule has 0 saturated carbocycles. The first-order valence-corrected chi connectivity index (χ1v) is 15.4. The second-order valence-corrected chi connectivity index (χ2v) is 11.6. The van der Waals surface area contributed by atoms with E-state index in [4.69, 9.17) is 14.5 Å². The molecule has 10 heteroatoms. The summed E-state index contributed by atoms with van der Waals surface area (Å²) < 4.78 is 13.1. The summed E-state index contributed by atoms with van der Waals surface area (Å²) in [5, 5.41) is 7.22. The summed E-state index contributed by atoms with van der Waals surface area (Å²) in [5.74, 6) is 0.694. The van der Waals surface area contributed by atoms with Crippen LogP contribution in [0.15, 0.2) is 76.9 Å². The topological polar surface area (TPSA) is 88.6 Å². The molecule has 2 aromatic carbocycles. The summed E-state index contributed by atoms with van der Waals surface area (Å²) in [7, 11) is 0. The average molecular weight is 637 g/mol. The lowest BCUT2D eigenvalue weighted by Gasteiger charge is -2.26. The number of aromatic nitrogens is 2. The highest BCUT2D eigenvalue weighted by Gasteiger charge is 2.13. The minimum atomic E-state index is -0.0451. The Bertz CT molecular complexity index is 1490. The van der Waals surface area contributed by atoms with Crippen LogP contribution >= 0.6 is 27.3 Å². The molecule has 41 heavy (non-hydrogen) atoms. The Morgan fingerprint density at radius 3 is 2.76 bits per heavy atom. The lowest BCUT2D eigenvalue weighted by atomic mass is 10.1. The third kappa shape index (κ3) is 8.36. The van der Waals surface area contributed by atoms with E-state index in [1.807, 2.05) is 67.6 Å². The number of ether oxygens (including phenoxy) is 2. The maximum Gasteiger partial charge on any atom is 0.251 e. The second kappa shape index (κ2) is 14.5. The lowest BCUT2D eigenvalue weighted by molar-refractivity contribution is -0.113. The Balaban J connectivity index is 1.14. The standard InChI is InChI=1S/C31H34BrN5O3S/c1-2-22(7-4-6-14-37-15-17-39-18-16-37)30(38)34-24-9-11-27-29(20-24)41-31(36-27)35-23-10-12-28(26(32)19-23)40-21-25-8-3-5-13-33-25/h2-3,5,8-13,19-20H,4,6-7,14-18,21H2,1H3,(H,34,38)(H,35,36)/b22-2+. The first-order valence-electron chi connectivity index (χ1n) is 13.8. The molecule has 1 aliphatic rings. The fourth-order valence-electron chi connectivity index (χ4n) is 4.59. The Morgan fingerprint density at radius 1 is 1.12 bits per heavy atom. The molecule has 2 N–H and O–H groups in total. The summed E-state index contributed by atoms with van der Waals surface area (Å²) in [4.78, 5) is 24.4. The van der Waals surface area contributed by atoms with Crippen LogP contribution in [0, 0.1) is 0 Å². The van der Waals surface area contributed by atoms with Gasteiger partial charge in [0.25, 0.3) is 5.91 Å². The lowest BCUT2D eigenvalue weighted by Crippen LogP contribution is -2.36. The number of carbonyl (C=O) groups excluding carboxylic acids is 1. The van der Waals surface area contributed by atoms with Crippen molar-refractivity contribution >= 4 is 59.9 Å². The molecule has 4 aromatic rings. The number of amides is 1. The van der Waals surface area contributed by atoms with Crippen LogP contribution in [0.1, 0.15) is 31.9 Å². The minimum Gasteiger partial charge on any atom is -0.486 e. The summed E-state index contributed by atoms with van der Waals surface area (Å²) in [6.45, 7) is 7.02. The van der Waals surface area contributed by atoms with Crippen molar-refractivity contribution in [1.29, 1.82) is 0 Å². The number of rotatable bonds is 12. The molecule has 5 rings (SSSR count). The van der Waals surface area contributed by atoms with Gasteiger partial charge in [-0.2, -0.15) is 0 Å². The molecule has 0 radical (unpaired) electrons. The molecule has 1 saturated heterocycles. The van der Waals surface area contributed by atoms with Gasteiger partial charge in [0.15, 0.2) is 5.13 Å². The van der Waals surface area contributed by atoms with Crippen molar-refractivity contribution in [2.45, 2.75) is 32.8 Å². The van der Waals surface area contributed by atoms with Gasteiger partial charge in [0.1, 0.15) is 12.4 Å². The van der Waals surface area contributed by atoms with Crippen LogP contribution < -0.4 is 15.4 Å². The van der Waals surface area contributed by atoms with Gasteiger partial charge in [-0.15, -0.1) is 0 Å². The number of hydrogen-bond donors (Lipinski definition) is 2. The number of nitrogens with zero attached hydrogens (tertiary/aromatic N) is 3. The molecule has 8 nitrogen and oxygen atoms in total. The van der Waals surface area contributed by atoms with E-state index >= 15 is 0 Å². The molecule has 2 aromatic heterocycles. The zero-order chi connectivity index (χ0) is 28.4. The molecule has 0 aliphatic carbocycles. The number of benzene rings is 2. The van der Waals surface area contributed by atoms with E-state index in [-0.39, 0.29) is 5.91 Å². The Labute approximate surface area is 252 Å². The highest BCUT2D eigenvalue weighted by molar-refractivity contribution is 9.10. The molecule has 214 valence electrons. The monoisotopic (exact) mass is 635 g/mol. The number of morpholine rings is 1. The number of fused-ring (bicyclic) bond motifs is 1. The van der Waals surface area contributed by atoms with Crippen LogP contribution in [-0.4, -0.2) is 53.6 Å². The molecular weight excluding hydrogens is 602 g/mol. The highest BCUT2D eigenvalue weighted by atomic mass is 79.9. The SMILES string of the molecule is C/C=C(\CCCCN1CCOCC1)C(=O)Nc1ccc2nc(Nc3ccc(OCc4ccccn4)c(Br)c3)sc2c1. The van der Waals surface area contributed by atoms with Gasteiger partial charge in [-0.3, -0.25) is 14.7 Å². The number of thiazole rings is 1. The number of hydrogen-bond acceptors (Lipinski definition) is 8. The van der Waals surface area contributed by atoms with Crippen molar-refractivity contribution in [2.75, 3.05) is 43.5 Å². The number of anilines is 3. The number of halogens is 1. The van der Waals surface area contributed by atoms with Gasteiger partial charge in [0.2, 0.25) is 0 Å². The van der Waals surface area contributed by atoms with Gasteiger partial charge in [0, 0.05) is 36.2 Å². The summed E-state index contributed by atoms with van der Waals surface area (Å²) >= 11 is 5.14. The third-order valence-corrected chi connectivity index (χ3v) is 8.40. The van der Waals surface area contributed by atoms with Gasteiger partial charge < -0.3 is 20.1 Å². The Hall–Kier alpha value is -3.31. The Kier molecular flexibility index (Phi) is 10.4. The van der Waals surface area contributed by atoms with Crippen molar-refractivity contribution in [1.82, 2.24) is 14.9 Å². The summed E-state index contributed by atoms with van der Waals surface area (Å²) in [5.41, 5.74) is 4.22. The van der Waals surface area contributed by atoms with Gasteiger partial charge in [-0.1, -0.05) is 23.5 Å². The molecule has 1 aliphatic heterocycles. The molecule has 0 spiro atoms. The quantitative estimate of drug-likeness (QED) is 0.126. The van der Waals surface area contributed by atoms with E-state index in [0.717, 1.165) is 100 Å². The molecule has 1 fully saturated rings. The normalized spacial score (nSPS) is 14.2. The van der Waals surface area contributed by atoms with E-state index in [0.29, 0.717) is 6.61 Å². The molecule has 0 bridgehead atoms. The maximum absolute atomic E-state index is 13.0. The molecule has 3 heterocycles. The van der Waals surface area contributed by atoms with E-state index < -0.39 is 0 Å². The first-order chi connectivity index (χ1) is 20.1. The number of carbonyl (C=O) groups is 1. The van der Waals surface area contributed by atoms with Crippen molar-refractivity contribution < 1.29 is 14.3 Å². The van der Waals surface area contributed by atoms with Gasteiger partial charge in [-0.05, 0) is 97.2 Å². The van der Waals surface area contributed by atoms with Crippen molar-refractivity contribution in [3.63, 3.8) is 0 Å². The van der Waals surface area contributed by atoms with Gasteiger partial charge in [0.05, 0.1) is 33.6 Å². The minimum absolute atomic E-state index is 0.0451. The predicted octanol–water partition coefficient (Wildman–Crippen LogP) is 7.16. The first kappa shape index (κ1) is 29.2. The van der Waals surface area contributed by atoms with E-state index in [1.54, 1.807) is 6.20 Å². The second-order valence-electron chi connectivity index (χ2n) is 9.76. The number of nitrogens with one attached hydrogen (secondary N) is 2. The number of allylic oxidation sites excluding steroid dienone is 1. The number of pyridine rings is 1. The van der Waals surface area contributed by atoms with Crippen molar-refractivity contribution in [3.8, 4) is 5.75 Å². The summed E-state index contributed by atoms with van der Waals surface area (Å²) in [6, 6.07) is 17.4. The molecule has 0 unspecified atom stereocenters. The van der Waals surface area contributed by atoms with Crippen LogP contribution in [0.2, 0.25) is 0 Å². The maximum atomic E-state index is 13.0. The van der Waals surface area contributed by atoms with Crippen LogP contribution in [-0.2, 0) is 16.1 Å². The average Bonchev–Trinajstić information content (AvgIpc) is 3.39. The van der Waals surface area contributed by atoms with Gasteiger partial charge in [-0.25, -0.2) is 4.98 Å². The van der Waals surface area contributed by atoms with Crippen LogP contribution in [0.5, 0.6) is 5.75 Å². The number of unbranched alkanes of at least 4 members (excludes halogenated alkanes) is 1. The van der Waals surface area contributed by atoms with Crippen LogP contribution in [0.25, 0.3) is 10.2 Å². The zero-order valence-electron chi connectivity index (χ0n) is 23.1. The third-order valence-electron chi connectivity index (χ3n) is 6.85. The van der Waals surface area contributed by atoms with E-state index in [1.165, 1.54) is 11.3 Å². The van der Waals surface area contributed by atoms with Crippen LogP contribution in [0.4, 0.5) is 16.5 Å². The smallest absolute Gasteiger partial charge is 0.251 e. The van der Waals surface area contributed by atoms with Crippen molar-refractivity contribution in [3.05, 3.63) is 82.6 Å². The van der Waals surface area contributed by atoms with E-state index in [2.05, 4.69) is 36.4 Å². The molecular formula is C31H34BrN5O3S. The Morgan fingerprint density at radius 2 is 1.98 bits per heavy atom. The fraction of sp³-hybridized carbons (Fsp3) is 0.323. The zero-order valence-corrected chi connectivity index (χ0v) is 25.5. The fourth-order valence-corrected chi connectivity index (χ4v) is 6.00. The van der Waals surface area contributed by atoms with E-state index in [9.17, 15) is 4.79 Å². The largest absolute Gasteiger partial charge is 0.486 e. The van der Waals surface area contributed by atoms with Crippen molar-refractivity contribution in [2.24, 2.45) is 0 Å². The van der Waals surface area contributed by atoms with Gasteiger partial charge >= 0.3 is 0 Å². The van der Waals surface area contributed by atoms with Crippen LogP contribution in [0.3, 0.4) is 0 Å². The molecule has 1 amide bonds. The predicted molar refractivity (Wildman–Crippen MR) is 169 cm³/mol. The highest BCUT2D eigenvalue weighted by Crippen LogP contribution is 2.33. The molecule has 0 atom stereocenters.